The number of carbonyl (C=O) groups excluding carboxylic acids is 1. The molecule has 6 nitrogen and oxygen atoms in total. The zero-order valence-electron chi connectivity index (χ0n) is 8.69. The largest absolute Gasteiger partial charge is 0.355 e. The molecule has 0 fully saturated rings. The van der Waals surface area contributed by atoms with Crippen molar-refractivity contribution in [1.82, 2.24) is 14.5 Å². The minimum absolute atomic E-state index is 0.236. The van der Waals surface area contributed by atoms with Gasteiger partial charge in [-0.1, -0.05) is 0 Å². The summed E-state index contributed by atoms with van der Waals surface area (Å²) in [6.07, 6.45) is 1.37. The Kier molecular flexibility index (Phi) is 3.43. The van der Waals surface area contributed by atoms with Crippen LogP contribution in [0.1, 0.15) is 6.92 Å². The zero-order chi connectivity index (χ0) is 11.4. The maximum absolute atomic E-state index is 11.5. The van der Waals surface area contributed by atoms with Gasteiger partial charge in [0.2, 0.25) is 5.91 Å². The van der Waals surface area contributed by atoms with Gasteiger partial charge in [0, 0.05) is 25.9 Å². The number of amides is 1. The topological polar surface area (TPSA) is 73.1 Å². The highest BCUT2D eigenvalue weighted by Gasteiger charge is 2.07. The summed E-state index contributed by atoms with van der Waals surface area (Å²) in [5.74, 6) is -0.345. The predicted molar refractivity (Wildman–Crippen MR) is 54.6 cm³/mol. The monoisotopic (exact) mass is 211 g/mol. The molecule has 0 aromatic carbocycles. The van der Waals surface area contributed by atoms with Gasteiger partial charge in [-0.05, 0) is 6.92 Å². The van der Waals surface area contributed by atoms with Crippen LogP contribution in [0.4, 0.5) is 0 Å². The average Bonchev–Trinajstić information content (AvgIpc) is 2.19. The van der Waals surface area contributed by atoms with E-state index in [4.69, 9.17) is 0 Å². The van der Waals surface area contributed by atoms with Gasteiger partial charge in [0.1, 0.15) is 6.54 Å². The summed E-state index contributed by atoms with van der Waals surface area (Å²) in [5.41, 5.74) is -0.960. The zero-order valence-corrected chi connectivity index (χ0v) is 8.69. The van der Waals surface area contributed by atoms with Gasteiger partial charge in [-0.3, -0.25) is 14.2 Å². The van der Waals surface area contributed by atoms with E-state index in [9.17, 15) is 14.4 Å². The molecule has 0 unspecified atom stereocenters. The minimum atomic E-state index is -0.492. The van der Waals surface area contributed by atoms with E-state index in [1.807, 2.05) is 0 Å². The lowest BCUT2D eigenvalue weighted by molar-refractivity contribution is -0.121. The molecule has 0 saturated carbocycles. The number of carbonyl (C=O) groups is 1. The standard InChI is InChI=1S/C9H13N3O3/c1-3-10-7(13)6-12-8(14)4-5-11(2)9(12)15/h4-5H,3,6H2,1-2H3,(H,10,13). The second-order valence-corrected chi connectivity index (χ2v) is 3.09. The molecule has 0 spiro atoms. The first-order chi connectivity index (χ1) is 7.06. The summed E-state index contributed by atoms with van der Waals surface area (Å²) in [6, 6.07) is 1.25. The van der Waals surface area contributed by atoms with Gasteiger partial charge in [0.05, 0.1) is 0 Å². The molecule has 0 atom stereocenters. The molecule has 6 heteroatoms. The van der Waals surface area contributed by atoms with Crippen LogP contribution in [0.25, 0.3) is 0 Å². The van der Waals surface area contributed by atoms with Gasteiger partial charge in [0.25, 0.3) is 5.56 Å². The van der Waals surface area contributed by atoms with Crippen molar-refractivity contribution in [2.24, 2.45) is 7.05 Å². The molecule has 0 aliphatic rings. The first-order valence-corrected chi connectivity index (χ1v) is 4.59. The van der Waals surface area contributed by atoms with Crippen LogP contribution in [0.15, 0.2) is 21.9 Å². The Morgan fingerprint density at radius 3 is 2.73 bits per heavy atom. The number of hydrogen-bond acceptors (Lipinski definition) is 3. The Labute approximate surface area is 86.1 Å². The number of aromatic nitrogens is 2. The maximum atomic E-state index is 11.5. The molecule has 0 saturated heterocycles. The second-order valence-electron chi connectivity index (χ2n) is 3.09. The minimum Gasteiger partial charge on any atom is -0.355 e. The Morgan fingerprint density at radius 1 is 1.47 bits per heavy atom. The van der Waals surface area contributed by atoms with Gasteiger partial charge in [-0.2, -0.15) is 0 Å². The third-order valence-corrected chi connectivity index (χ3v) is 1.92. The summed E-state index contributed by atoms with van der Waals surface area (Å²) in [5, 5.41) is 2.52. The van der Waals surface area contributed by atoms with Crippen molar-refractivity contribution in [2.75, 3.05) is 6.54 Å². The summed E-state index contributed by atoms with van der Waals surface area (Å²) >= 11 is 0. The van der Waals surface area contributed by atoms with E-state index in [1.54, 1.807) is 6.92 Å². The van der Waals surface area contributed by atoms with Crippen LogP contribution in [0.5, 0.6) is 0 Å². The lowest BCUT2D eigenvalue weighted by Gasteiger charge is -2.05. The molecule has 1 amide bonds. The van der Waals surface area contributed by atoms with E-state index in [2.05, 4.69) is 5.32 Å². The number of nitrogens with zero attached hydrogens (tertiary/aromatic N) is 2. The molecular formula is C9H13N3O3. The Balaban J connectivity index is 3.05. The third kappa shape index (κ3) is 2.55. The number of aryl methyl sites for hydroxylation is 1. The summed E-state index contributed by atoms with van der Waals surface area (Å²) in [6.45, 7) is 2.00. The van der Waals surface area contributed by atoms with E-state index in [-0.39, 0.29) is 12.5 Å². The van der Waals surface area contributed by atoms with E-state index < -0.39 is 11.2 Å². The Hall–Kier alpha value is -1.85. The van der Waals surface area contributed by atoms with Gasteiger partial charge >= 0.3 is 5.69 Å². The molecule has 1 aromatic heterocycles. The summed E-state index contributed by atoms with van der Waals surface area (Å²) < 4.78 is 2.14. The Morgan fingerprint density at radius 2 is 2.13 bits per heavy atom. The molecule has 0 aliphatic carbocycles. The highest BCUT2D eigenvalue weighted by Crippen LogP contribution is 1.75. The molecule has 1 rings (SSSR count). The van der Waals surface area contributed by atoms with Crippen LogP contribution in [0.3, 0.4) is 0 Å². The van der Waals surface area contributed by atoms with E-state index in [0.29, 0.717) is 6.54 Å². The molecule has 0 aliphatic heterocycles. The first-order valence-electron chi connectivity index (χ1n) is 4.59. The molecule has 1 aromatic rings. The fourth-order valence-electron chi connectivity index (χ4n) is 1.16. The highest BCUT2D eigenvalue weighted by atomic mass is 16.2. The fraction of sp³-hybridized carbons (Fsp3) is 0.444. The molecule has 82 valence electrons. The van der Waals surface area contributed by atoms with Crippen LogP contribution in [-0.2, 0) is 18.4 Å². The van der Waals surface area contributed by atoms with Crippen molar-refractivity contribution in [3.05, 3.63) is 33.1 Å². The Bertz CT molecular complexity index is 472. The lowest BCUT2D eigenvalue weighted by atomic mass is 10.5. The highest BCUT2D eigenvalue weighted by molar-refractivity contribution is 5.75. The molecule has 15 heavy (non-hydrogen) atoms. The SMILES string of the molecule is CCNC(=O)Cn1c(=O)ccn(C)c1=O. The average molecular weight is 211 g/mol. The second kappa shape index (κ2) is 4.59. The van der Waals surface area contributed by atoms with Crippen molar-refractivity contribution in [1.29, 1.82) is 0 Å². The van der Waals surface area contributed by atoms with Crippen molar-refractivity contribution < 1.29 is 4.79 Å². The van der Waals surface area contributed by atoms with Crippen molar-refractivity contribution in [3.63, 3.8) is 0 Å². The molecule has 1 N–H and O–H groups in total. The van der Waals surface area contributed by atoms with Gasteiger partial charge < -0.3 is 9.88 Å². The maximum Gasteiger partial charge on any atom is 0.331 e. The molecule has 1 heterocycles. The van der Waals surface area contributed by atoms with Crippen molar-refractivity contribution >= 4 is 5.91 Å². The van der Waals surface area contributed by atoms with Gasteiger partial charge in [-0.15, -0.1) is 0 Å². The molecule has 0 bridgehead atoms. The smallest absolute Gasteiger partial charge is 0.331 e. The van der Waals surface area contributed by atoms with Gasteiger partial charge in [-0.25, -0.2) is 4.79 Å². The van der Waals surface area contributed by atoms with Crippen molar-refractivity contribution in [3.8, 4) is 0 Å². The van der Waals surface area contributed by atoms with E-state index in [0.717, 1.165) is 4.57 Å². The van der Waals surface area contributed by atoms with Crippen LogP contribution < -0.4 is 16.6 Å². The number of nitrogens with one attached hydrogen (secondary N) is 1. The summed E-state index contributed by atoms with van der Waals surface area (Å²) in [4.78, 5) is 34.0. The summed E-state index contributed by atoms with van der Waals surface area (Å²) in [7, 11) is 1.52. The number of rotatable bonds is 3. The lowest BCUT2D eigenvalue weighted by Crippen LogP contribution is -2.42. The normalized spacial score (nSPS) is 10.0. The quantitative estimate of drug-likeness (QED) is 0.674. The van der Waals surface area contributed by atoms with Crippen molar-refractivity contribution in [2.45, 2.75) is 13.5 Å². The van der Waals surface area contributed by atoms with E-state index in [1.165, 1.54) is 23.9 Å². The number of likely N-dealkylation sites (N-methyl/N-ethyl adjacent to an activating group) is 1. The predicted octanol–water partition coefficient (Wildman–Crippen LogP) is -1.32. The van der Waals surface area contributed by atoms with Gasteiger partial charge in [0.15, 0.2) is 0 Å². The van der Waals surface area contributed by atoms with Crippen LogP contribution in [-0.4, -0.2) is 21.6 Å². The van der Waals surface area contributed by atoms with Crippen LogP contribution in [0, 0.1) is 0 Å². The third-order valence-electron chi connectivity index (χ3n) is 1.92. The number of hydrogen-bond donors (Lipinski definition) is 1. The van der Waals surface area contributed by atoms with Crippen LogP contribution in [0.2, 0.25) is 0 Å². The van der Waals surface area contributed by atoms with E-state index >= 15 is 0 Å². The molecule has 0 radical (unpaired) electrons. The van der Waals surface area contributed by atoms with Crippen LogP contribution >= 0.6 is 0 Å². The molecular weight excluding hydrogens is 198 g/mol. The first kappa shape index (κ1) is 11.2. The fourth-order valence-corrected chi connectivity index (χ4v) is 1.16.